The van der Waals surface area contributed by atoms with Gasteiger partial charge in [-0.3, -0.25) is 0 Å². The molecule has 102 valence electrons. The van der Waals surface area contributed by atoms with Gasteiger partial charge in [-0.2, -0.15) is 4.37 Å². The molecule has 2 rings (SSSR count). The highest BCUT2D eigenvalue weighted by Crippen LogP contribution is 2.15. The molecule has 0 radical (unpaired) electrons. The van der Waals surface area contributed by atoms with Crippen LogP contribution in [-0.2, 0) is 0 Å². The van der Waals surface area contributed by atoms with Gasteiger partial charge in [-0.25, -0.2) is 4.39 Å². The third-order valence-corrected chi connectivity index (χ3v) is 2.94. The normalized spacial score (nSPS) is 12.2. The second-order valence-corrected chi connectivity index (χ2v) is 4.61. The molecule has 0 amide bonds. The molecule has 1 aromatic heterocycles. The minimum absolute atomic E-state index is 0.124. The predicted octanol–water partition coefficient (Wildman–Crippen LogP) is 1.84. The van der Waals surface area contributed by atoms with Gasteiger partial charge in [0.1, 0.15) is 24.7 Å². The molecular formula is C12H14FN3O2S. The molecule has 1 aromatic carbocycles. The molecule has 2 N–H and O–H groups in total. The Morgan fingerprint density at radius 3 is 3.05 bits per heavy atom. The molecule has 1 unspecified atom stereocenters. The lowest BCUT2D eigenvalue weighted by Crippen LogP contribution is -2.26. The number of nitrogens with zero attached hydrogens (tertiary/aromatic N) is 2. The summed E-state index contributed by atoms with van der Waals surface area (Å²) in [5.41, 5.74) is 1.58. The first-order valence-corrected chi connectivity index (χ1v) is 6.46. The second-order valence-electron chi connectivity index (χ2n) is 4.05. The zero-order valence-corrected chi connectivity index (χ0v) is 11.2. The van der Waals surface area contributed by atoms with E-state index < -0.39 is 6.10 Å². The van der Waals surface area contributed by atoms with E-state index >= 15 is 0 Å². The molecule has 1 heterocycles. The lowest BCUT2D eigenvalue weighted by Gasteiger charge is -2.14. The maximum Gasteiger partial charge on any atom is 0.245 e. The van der Waals surface area contributed by atoms with E-state index in [2.05, 4.69) is 14.1 Å². The number of ether oxygens (including phenoxy) is 1. The summed E-state index contributed by atoms with van der Waals surface area (Å²) in [5.74, 6) is 0.130. The summed E-state index contributed by atoms with van der Waals surface area (Å²) >= 11 is 1.05. The van der Waals surface area contributed by atoms with E-state index in [0.29, 0.717) is 12.4 Å². The lowest BCUT2D eigenvalue weighted by molar-refractivity contribution is 0.115. The fourth-order valence-corrected chi connectivity index (χ4v) is 1.88. The quantitative estimate of drug-likeness (QED) is 0.846. The number of aromatic nitrogens is 2. The highest BCUT2D eigenvalue weighted by Gasteiger charge is 2.07. The van der Waals surface area contributed by atoms with Crippen molar-refractivity contribution in [3.63, 3.8) is 0 Å². The van der Waals surface area contributed by atoms with Crippen LogP contribution in [0.3, 0.4) is 0 Å². The number of hydrogen-bond acceptors (Lipinski definition) is 6. The van der Waals surface area contributed by atoms with Crippen LogP contribution in [0.5, 0.6) is 5.88 Å². The van der Waals surface area contributed by atoms with E-state index in [1.165, 1.54) is 18.3 Å². The molecule has 1 atom stereocenters. The van der Waals surface area contributed by atoms with E-state index in [4.69, 9.17) is 4.74 Å². The molecular weight excluding hydrogens is 269 g/mol. The highest BCUT2D eigenvalue weighted by atomic mass is 32.1. The van der Waals surface area contributed by atoms with E-state index in [1.54, 1.807) is 13.0 Å². The Kier molecular flexibility index (Phi) is 4.64. The third kappa shape index (κ3) is 4.15. The van der Waals surface area contributed by atoms with Crippen molar-refractivity contribution in [2.45, 2.75) is 13.0 Å². The highest BCUT2D eigenvalue weighted by molar-refractivity contribution is 6.99. The maximum absolute atomic E-state index is 12.9. The number of aliphatic hydroxyl groups is 1. The Labute approximate surface area is 114 Å². The predicted molar refractivity (Wildman–Crippen MR) is 71.0 cm³/mol. The lowest BCUT2D eigenvalue weighted by atomic mass is 10.2. The van der Waals surface area contributed by atoms with Crippen LogP contribution in [0, 0.1) is 12.7 Å². The Morgan fingerprint density at radius 2 is 2.37 bits per heavy atom. The first-order valence-electron chi connectivity index (χ1n) is 5.73. The van der Waals surface area contributed by atoms with E-state index in [0.717, 1.165) is 23.0 Å². The first kappa shape index (κ1) is 13.7. The van der Waals surface area contributed by atoms with Crippen molar-refractivity contribution >= 4 is 17.4 Å². The maximum atomic E-state index is 12.9. The number of aryl methyl sites for hydroxylation is 1. The smallest absolute Gasteiger partial charge is 0.245 e. The number of hydrogen-bond donors (Lipinski definition) is 2. The van der Waals surface area contributed by atoms with Crippen molar-refractivity contribution in [3.8, 4) is 5.88 Å². The second kappa shape index (κ2) is 6.44. The summed E-state index contributed by atoms with van der Waals surface area (Å²) in [6.07, 6.45) is 0.806. The van der Waals surface area contributed by atoms with E-state index in [-0.39, 0.29) is 12.4 Å². The Balaban J connectivity index is 1.78. The molecule has 0 spiro atoms. The van der Waals surface area contributed by atoms with Gasteiger partial charge in [-0.15, -0.1) is 4.37 Å². The number of halogens is 1. The monoisotopic (exact) mass is 283 g/mol. The minimum atomic E-state index is -0.689. The van der Waals surface area contributed by atoms with Crippen molar-refractivity contribution in [2.24, 2.45) is 0 Å². The largest absolute Gasteiger partial charge is 0.473 e. The minimum Gasteiger partial charge on any atom is -0.473 e. The van der Waals surface area contributed by atoms with Crippen LogP contribution in [0.1, 0.15) is 5.56 Å². The Hall–Kier alpha value is -1.73. The van der Waals surface area contributed by atoms with Gasteiger partial charge in [0.05, 0.1) is 11.7 Å². The molecule has 0 fully saturated rings. The van der Waals surface area contributed by atoms with Gasteiger partial charge in [0.25, 0.3) is 0 Å². The topological polar surface area (TPSA) is 67.3 Å². The van der Waals surface area contributed by atoms with Crippen LogP contribution in [0.25, 0.3) is 0 Å². The molecule has 0 bridgehead atoms. The average Bonchev–Trinajstić information content (AvgIpc) is 2.88. The number of anilines is 1. The number of rotatable bonds is 6. The van der Waals surface area contributed by atoms with Crippen LogP contribution in [0.15, 0.2) is 24.4 Å². The summed E-state index contributed by atoms with van der Waals surface area (Å²) in [4.78, 5) is 0. The van der Waals surface area contributed by atoms with Crippen LogP contribution in [0.2, 0.25) is 0 Å². The SMILES string of the molecule is Cc1cc(F)ccc1NCC(O)COc1cnsn1. The molecule has 0 saturated heterocycles. The molecule has 5 nitrogen and oxygen atoms in total. The van der Waals surface area contributed by atoms with Gasteiger partial charge in [0.15, 0.2) is 0 Å². The fourth-order valence-electron chi connectivity index (χ4n) is 1.51. The first-order chi connectivity index (χ1) is 9.15. The van der Waals surface area contributed by atoms with Gasteiger partial charge in [0, 0.05) is 12.2 Å². The molecule has 0 aliphatic carbocycles. The zero-order valence-electron chi connectivity index (χ0n) is 10.3. The number of benzene rings is 1. The number of aliphatic hydroxyl groups excluding tert-OH is 1. The van der Waals surface area contributed by atoms with E-state index in [1.807, 2.05) is 0 Å². The van der Waals surface area contributed by atoms with Gasteiger partial charge < -0.3 is 15.2 Å². The van der Waals surface area contributed by atoms with Crippen LogP contribution >= 0.6 is 11.7 Å². The third-order valence-electron chi connectivity index (χ3n) is 2.48. The molecule has 2 aromatic rings. The summed E-state index contributed by atoms with van der Waals surface area (Å²) in [7, 11) is 0. The number of nitrogens with one attached hydrogen (secondary N) is 1. The molecule has 19 heavy (non-hydrogen) atoms. The van der Waals surface area contributed by atoms with Gasteiger partial charge in [-0.1, -0.05) is 0 Å². The standard InChI is InChI=1S/C12H14FN3O2S/c1-8-4-9(13)2-3-11(8)14-5-10(17)7-18-12-6-15-19-16-12/h2-4,6,10,14,17H,5,7H2,1H3. The zero-order chi connectivity index (χ0) is 13.7. The van der Waals surface area contributed by atoms with Crippen LogP contribution < -0.4 is 10.1 Å². The fraction of sp³-hybridized carbons (Fsp3) is 0.333. The Bertz CT molecular complexity index is 522. The average molecular weight is 283 g/mol. The van der Waals surface area contributed by atoms with Gasteiger partial charge in [0.2, 0.25) is 5.88 Å². The molecule has 0 saturated carbocycles. The van der Waals surface area contributed by atoms with Crippen LogP contribution in [0.4, 0.5) is 10.1 Å². The summed E-state index contributed by atoms with van der Waals surface area (Å²) < 4.78 is 25.8. The van der Waals surface area contributed by atoms with Crippen molar-refractivity contribution in [1.82, 2.24) is 8.75 Å². The van der Waals surface area contributed by atoms with E-state index in [9.17, 15) is 9.50 Å². The van der Waals surface area contributed by atoms with Crippen molar-refractivity contribution in [2.75, 3.05) is 18.5 Å². The van der Waals surface area contributed by atoms with Crippen LogP contribution in [-0.4, -0.2) is 33.1 Å². The van der Waals surface area contributed by atoms with Crippen molar-refractivity contribution in [3.05, 3.63) is 35.8 Å². The van der Waals surface area contributed by atoms with Crippen molar-refractivity contribution in [1.29, 1.82) is 0 Å². The molecule has 0 aliphatic heterocycles. The Morgan fingerprint density at radius 1 is 1.53 bits per heavy atom. The van der Waals surface area contributed by atoms with Gasteiger partial charge in [-0.05, 0) is 30.7 Å². The summed E-state index contributed by atoms with van der Waals surface area (Å²) in [6.45, 7) is 2.23. The molecule has 0 aliphatic rings. The summed E-state index contributed by atoms with van der Waals surface area (Å²) in [5, 5.41) is 12.8. The summed E-state index contributed by atoms with van der Waals surface area (Å²) in [6, 6.07) is 4.45. The van der Waals surface area contributed by atoms with Crippen molar-refractivity contribution < 1.29 is 14.2 Å². The molecule has 7 heteroatoms. The van der Waals surface area contributed by atoms with Gasteiger partial charge >= 0.3 is 0 Å².